The zero-order valence-electron chi connectivity index (χ0n) is 15.1. The molecule has 1 amide bonds. The Kier molecular flexibility index (Phi) is 5.06. The molecule has 26 heavy (non-hydrogen) atoms. The van der Waals surface area contributed by atoms with Gasteiger partial charge in [-0.1, -0.05) is 36.8 Å². The Balaban J connectivity index is 1.36. The van der Waals surface area contributed by atoms with E-state index in [-0.39, 0.29) is 17.6 Å². The summed E-state index contributed by atoms with van der Waals surface area (Å²) in [6, 6.07) is 9.58. The summed E-state index contributed by atoms with van der Waals surface area (Å²) < 4.78 is 27.1. The van der Waals surface area contributed by atoms with Crippen molar-refractivity contribution in [3.05, 3.63) is 35.9 Å². The molecule has 5 nitrogen and oxygen atoms in total. The number of fused-ring (bicyclic) bond motifs is 2. The molecule has 2 aliphatic carbocycles. The van der Waals surface area contributed by atoms with Crippen LogP contribution >= 0.6 is 0 Å². The van der Waals surface area contributed by atoms with Crippen molar-refractivity contribution < 1.29 is 13.2 Å². The first-order valence-corrected chi connectivity index (χ1v) is 11.4. The third kappa shape index (κ3) is 3.81. The highest BCUT2D eigenvalue weighted by atomic mass is 32.2. The fourth-order valence-corrected chi connectivity index (χ4v) is 6.62. The third-order valence-corrected chi connectivity index (χ3v) is 8.22. The fourth-order valence-electron chi connectivity index (χ4n) is 5.01. The molecule has 3 fully saturated rings. The molecule has 142 valence electrons. The lowest BCUT2D eigenvalue weighted by molar-refractivity contribution is -0.127. The van der Waals surface area contributed by atoms with E-state index in [1.165, 1.54) is 23.6 Å². The first-order chi connectivity index (χ1) is 12.5. The van der Waals surface area contributed by atoms with E-state index in [1.807, 2.05) is 30.3 Å². The number of hydrogen-bond donors (Lipinski definition) is 1. The van der Waals surface area contributed by atoms with Gasteiger partial charge in [-0.3, -0.25) is 4.79 Å². The van der Waals surface area contributed by atoms with Crippen molar-refractivity contribution in [2.24, 2.45) is 17.8 Å². The Morgan fingerprint density at radius 1 is 1.12 bits per heavy atom. The molecule has 0 radical (unpaired) electrons. The highest BCUT2D eigenvalue weighted by molar-refractivity contribution is 7.88. The van der Waals surface area contributed by atoms with Crippen LogP contribution in [0.15, 0.2) is 30.3 Å². The van der Waals surface area contributed by atoms with Gasteiger partial charge in [-0.15, -0.1) is 0 Å². The molecule has 3 aliphatic rings. The molecular weight excluding hydrogens is 348 g/mol. The fraction of sp³-hybridized carbons (Fsp3) is 0.650. The number of nitrogens with one attached hydrogen (secondary N) is 1. The summed E-state index contributed by atoms with van der Waals surface area (Å²) >= 11 is 0. The molecule has 4 rings (SSSR count). The average Bonchev–Trinajstić information content (AvgIpc) is 3.25. The Bertz CT molecular complexity index is 750. The minimum atomic E-state index is -3.39. The van der Waals surface area contributed by atoms with Gasteiger partial charge in [0.2, 0.25) is 15.9 Å². The standard InChI is InChI=1S/C20H28N2O3S/c23-20(21-19-12-16-8-9-17(19)11-16)18-7-4-10-22(13-18)26(24,25)14-15-5-2-1-3-6-15/h1-3,5-6,16-19H,4,7-14H2,(H,21,23)/t16-,17-,18+,19+/m0/s1. The lowest BCUT2D eigenvalue weighted by Gasteiger charge is -2.33. The molecule has 0 aromatic heterocycles. The van der Waals surface area contributed by atoms with Gasteiger partial charge in [0.1, 0.15) is 0 Å². The number of carbonyl (C=O) groups is 1. The summed E-state index contributed by atoms with van der Waals surface area (Å²) in [7, 11) is -3.39. The SMILES string of the molecule is O=C(N[C@@H]1C[C@H]2CC[C@H]1C2)[C@@H]1CCCN(S(=O)(=O)Cc2ccccc2)C1. The van der Waals surface area contributed by atoms with Crippen LogP contribution in [0.4, 0.5) is 0 Å². The first-order valence-electron chi connectivity index (χ1n) is 9.83. The van der Waals surface area contributed by atoms with Crippen molar-refractivity contribution in [3.8, 4) is 0 Å². The molecule has 1 N–H and O–H groups in total. The Hall–Kier alpha value is -1.40. The van der Waals surface area contributed by atoms with Crippen LogP contribution in [0.25, 0.3) is 0 Å². The summed E-state index contributed by atoms with van der Waals surface area (Å²) in [5.74, 6) is 1.29. The average molecular weight is 377 g/mol. The lowest BCUT2D eigenvalue weighted by atomic mass is 9.93. The third-order valence-electron chi connectivity index (χ3n) is 6.41. The van der Waals surface area contributed by atoms with E-state index < -0.39 is 10.0 Å². The number of piperidine rings is 1. The van der Waals surface area contributed by atoms with Gasteiger partial charge in [0.15, 0.2) is 0 Å². The summed E-state index contributed by atoms with van der Waals surface area (Å²) in [5.41, 5.74) is 0.793. The van der Waals surface area contributed by atoms with Crippen LogP contribution in [0.3, 0.4) is 0 Å². The highest BCUT2D eigenvalue weighted by Gasteiger charge is 2.41. The Morgan fingerprint density at radius 3 is 2.62 bits per heavy atom. The molecule has 0 spiro atoms. The molecule has 1 saturated heterocycles. The summed E-state index contributed by atoms with van der Waals surface area (Å²) in [6.07, 6.45) is 6.45. The van der Waals surface area contributed by atoms with Crippen LogP contribution in [0, 0.1) is 17.8 Å². The number of amides is 1. The van der Waals surface area contributed by atoms with Gasteiger partial charge in [0.25, 0.3) is 0 Å². The largest absolute Gasteiger partial charge is 0.353 e. The molecule has 1 aliphatic heterocycles. The molecule has 4 atom stereocenters. The summed E-state index contributed by atoms with van der Waals surface area (Å²) in [6.45, 7) is 0.842. The van der Waals surface area contributed by atoms with Gasteiger partial charge >= 0.3 is 0 Å². The minimum Gasteiger partial charge on any atom is -0.353 e. The van der Waals surface area contributed by atoms with Crippen molar-refractivity contribution >= 4 is 15.9 Å². The Morgan fingerprint density at radius 2 is 1.92 bits per heavy atom. The molecule has 1 aromatic rings. The van der Waals surface area contributed by atoms with Crippen molar-refractivity contribution in [3.63, 3.8) is 0 Å². The second-order valence-corrected chi connectivity index (χ2v) is 10.2. The normalized spacial score (nSPS) is 31.8. The highest BCUT2D eigenvalue weighted by Crippen LogP contribution is 2.44. The predicted molar refractivity (Wildman–Crippen MR) is 101 cm³/mol. The molecular formula is C20H28N2O3S. The van der Waals surface area contributed by atoms with E-state index in [1.54, 1.807) is 0 Å². The van der Waals surface area contributed by atoms with Crippen LogP contribution < -0.4 is 5.32 Å². The van der Waals surface area contributed by atoms with Crippen molar-refractivity contribution in [1.82, 2.24) is 9.62 Å². The van der Waals surface area contributed by atoms with Gasteiger partial charge in [0.05, 0.1) is 11.7 Å². The van der Waals surface area contributed by atoms with Crippen molar-refractivity contribution in [1.29, 1.82) is 0 Å². The van der Waals surface area contributed by atoms with Crippen LogP contribution in [-0.4, -0.2) is 37.8 Å². The van der Waals surface area contributed by atoms with E-state index in [4.69, 9.17) is 0 Å². The predicted octanol–water partition coefficient (Wildman–Crippen LogP) is 2.53. The van der Waals surface area contributed by atoms with E-state index in [0.29, 0.717) is 25.0 Å². The maximum absolute atomic E-state index is 12.8. The van der Waals surface area contributed by atoms with Gasteiger partial charge in [-0.05, 0) is 49.5 Å². The summed E-state index contributed by atoms with van der Waals surface area (Å²) in [4.78, 5) is 12.7. The minimum absolute atomic E-state index is 0.00849. The van der Waals surface area contributed by atoms with Gasteiger partial charge in [0, 0.05) is 19.1 Å². The van der Waals surface area contributed by atoms with Gasteiger partial charge in [-0.2, -0.15) is 0 Å². The number of benzene rings is 1. The molecule has 0 unspecified atom stereocenters. The van der Waals surface area contributed by atoms with Crippen LogP contribution in [0.2, 0.25) is 0 Å². The van der Waals surface area contributed by atoms with Crippen LogP contribution in [0.1, 0.15) is 44.1 Å². The number of carbonyl (C=O) groups excluding carboxylic acids is 1. The zero-order valence-corrected chi connectivity index (χ0v) is 16.0. The van der Waals surface area contributed by atoms with Crippen molar-refractivity contribution in [2.75, 3.05) is 13.1 Å². The van der Waals surface area contributed by atoms with E-state index >= 15 is 0 Å². The number of hydrogen-bond acceptors (Lipinski definition) is 3. The number of sulfonamides is 1. The van der Waals surface area contributed by atoms with Crippen LogP contribution in [-0.2, 0) is 20.6 Å². The zero-order chi connectivity index (χ0) is 18.1. The van der Waals surface area contributed by atoms with E-state index in [9.17, 15) is 13.2 Å². The molecule has 2 bridgehead atoms. The van der Waals surface area contributed by atoms with Gasteiger partial charge in [-0.25, -0.2) is 12.7 Å². The molecule has 6 heteroatoms. The number of rotatable bonds is 5. The molecule has 1 aromatic carbocycles. The summed E-state index contributed by atoms with van der Waals surface area (Å²) in [5, 5.41) is 3.24. The molecule has 1 heterocycles. The van der Waals surface area contributed by atoms with Gasteiger partial charge < -0.3 is 5.32 Å². The maximum atomic E-state index is 12.8. The van der Waals surface area contributed by atoms with E-state index in [0.717, 1.165) is 30.7 Å². The lowest BCUT2D eigenvalue weighted by Crippen LogP contribution is -2.48. The van der Waals surface area contributed by atoms with Crippen LogP contribution in [0.5, 0.6) is 0 Å². The maximum Gasteiger partial charge on any atom is 0.224 e. The van der Waals surface area contributed by atoms with Crippen molar-refractivity contribution in [2.45, 2.75) is 50.3 Å². The first kappa shape index (κ1) is 18.0. The quantitative estimate of drug-likeness (QED) is 0.859. The Labute approximate surface area is 156 Å². The molecule has 2 saturated carbocycles. The monoisotopic (exact) mass is 376 g/mol. The second-order valence-electron chi connectivity index (χ2n) is 8.23. The smallest absolute Gasteiger partial charge is 0.224 e. The van der Waals surface area contributed by atoms with E-state index in [2.05, 4.69) is 5.32 Å². The second kappa shape index (κ2) is 7.31. The topological polar surface area (TPSA) is 66.5 Å². The number of nitrogens with zero attached hydrogens (tertiary/aromatic N) is 1.